The lowest BCUT2D eigenvalue weighted by Crippen LogP contribution is -2.38. The number of fused-ring (bicyclic) bond motifs is 2. The number of ether oxygens (including phenoxy) is 3. The van der Waals surface area contributed by atoms with E-state index in [9.17, 15) is 4.79 Å². The Morgan fingerprint density at radius 2 is 1.84 bits per heavy atom. The van der Waals surface area contributed by atoms with E-state index in [1.807, 2.05) is 56.0 Å². The SMILES string of the molecule is Cc1c2c(cc3c1N(CCOc1ccccc1)CCO3)CCN(C(=O)OC(C)(C)C)CC2. The number of hydrogen-bond donors (Lipinski definition) is 0. The van der Waals surface area contributed by atoms with Crippen LogP contribution in [-0.4, -0.2) is 56.0 Å². The molecule has 2 heterocycles. The summed E-state index contributed by atoms with van der Waals surface area (Å²) in [6.45, 7) is 12.2. The number of carbonyl (C=O) groups excluding carboxylic acids is 1. The van der Waals surface area contributed by atoms with Gasteiger partial charge in [-0.1, -0.05) is 18.2 Å². The van der Waals surface area contributed by atoms with E-state index in [4.69, 9.17) is 14.2 Å². The molecule has 0 N–H and O–H groups in total. The maximum atomic E-state index is 12.6. The Labute approximate surface area is 191 Å². The first-order valence-corrected chi connectivity index (χ1v) is 11.5. The van der Waals surface area contributed by atoms with E-state index in [2.05, 4.69) is 17.9 Å². The van der Waals surface area contributed by atoms with Crippen LogP contribution in [0.3, 0.4) is 0 Å². The number of carbonyl (C=O) groups is 1. The molecule has 0 bridgehead atoms. The number of para-hydroxylation sites is 1. The number of amides is 1. The summed E-state index contributed by atoms with van der Waals surface area (Å²) in [5, 5.41) is 0. The predicted molar refractivity (Wildman–Crippen MR) is 126 cm³/mol. The van der Waals surface area contributed by atoms with Gasteiger partial charge >= 0.3 is 6.09 Å². The van der Waals surface area contributed by atoms with Crippen LogP contribution in [0.4, 0.5) is 10.5 Å². The normalized spacial score (nSPS) is 15.9. The molecule has 0 saturated heterocycles. The first-order valence-electron chi connectivity index (χ1n) is 11.5. The molecule has 0 aliphatic carbocycles. The molecule has 6 heteroatoms. The van der Waals surface area contributed by atoms with Crippen LogP contribution in [0.5, 0.6) is 11.5 Å². The average molecular weight is 439 g/mol. The smallest absolute Gasteiger partial charge is 0.410 e. The molecule has 0 fully saturated rings. The van der Waals surface area contributed by atoms with Crippen LogP contribution < -0.4 is 14.4 Å². The van der Waals surface area contributed by atoms with Crippen molar-refractivity contribution in [1.29, 1.82) is 0 Å². The molecular weight excluding hydrogens is 404 g/mol. The molecule has 4 rings (SSSR count). The molecule has 32 heavy (non-hydrogen) atoms. The Kier molecular flexibility index (Phi) is 6.49. The Balaban J connectivity index is 1.48. The molecular formula is C26H34N2O4. The monoisotopic (exact) mass is 438 g/mol. The quantitative estimate of drug-likeness (QED) is 0.698. The summed E-state index contributed by atoms with van der Waals surface area (Å²) in [5.41, 5.74) is 4.53. The van der Waals surface area contributed by atoms with Crippen LogP contribution in [-0.2, 0) is 17.6 Å². The largest absolute Gasteiger partial charge is 0.492 e. The lowest BCUT2D eigenvalue weighted by Gasteiger charge is -2.34. The van der Waals surface area contributed by atoms with Crippen molar-refractivity contribution in [2.75, 3.05) is 44.3 Å². The molecule has 0 saturated carbocycles. The molecule has 172 valence electrons. The molecule has 2 aliphatic rings. The summed E-state index contributed by atoms with van der Waals surface area (Å²) in [4.78, 5) is 16.8. The molecule has 6 nitrogen and oxygen atoms in total. The van der Waals surface area contributed by atoms with E-state index in [1.165, 1.54) is 16.7 Å². The second-order valence-electron chi connectivity index (χ2n) is 9.45. The third-order valence-corrected chi connectivity index (χ3v) is 5.98. The van der Waals surface area contributed by atoms with Crippen LogP contribution >= 0.6 is 0 Å². The van der Waals surface area contributed by atoms with Crippen molar-refractivity contribution in [3.63, 3.8) is 0 Å². The minimum absolute atomic E-state index is 0.233. The van der Waals surface area contributed by atoms with Crippen LogP contribution in [0.25, 0.3) is 0 Å². The standard InChI is InChI=1S/C26H34N2O4/c1-19-22-11-13-28(25(29)32-26(2,3)4)12-10-20(22)18-23-24(19)27(15-17-31-23)14-16-30-21-8-6-5-7-9-21/h5-9,18H,10-17H2,1-4H3. The molecule has 1 amide bonds. The fraction of sp³-hybridized carbons (Fsp3) is 0.500. The molecule has 0 aromatic heterocycles. The fourth-order valence-electron chi connectivity index (χ4n) is 4.47. The highest BCUT2D eigenvalue weighted by Gasteiger charge is 2.28. The predicted octanol–water partition coefficient (Wildman–Crippen LogP) is 4.61. The van der Waals surface area contributed by atoms with E-state index in [-0.39, 0.29) is 6.09 Å². The van der Waals surface area contributed by atoms with Gasteiger partial charge in [-0.3, -0.25) is 0 Å². The number of hydrogen-bond acceptors (Lipinski definition) is 5. The Hall–Kier alpha value is -2.89. The Morgan fingerprint density at radius 3 is 2.59 bits per heavy atom. The zero-order valence-corrected chi connectivity index (χ0v) is 19.6. The summed E-state index contributed by atoms with van der Waals surface area (Å²) in [6.07, 6.45) is 1.40. The third-order valence-electron chi connectivity index (χ3n) is 5.98. The first kappa shape index (κ1) is 22.3. The van der Waals surface area contributed by atoms with Gasteiger partial charge in [-0.05, 0) is 75.4 Å². The molecule has 2 aromatic rings. The Bertz CT molecular complexity index is 953. The van der Waals surface area contributed by atoms with Crippen molar-refractivity contribution in [3.8, 4) is 11.5 Å². The second-order valence-corrected chi connectivity index (χ2v) is 9.45. The summed E-state index contributed by atoms with van der Waals surface area (Å²) in [7, 11) is 0. The van der Waals surface area contributed by atoms with Crippen molar-refractivity contribution >= 4 is 11.8 Å². The van der Waals surface area contributed by atoms with Crippen LogP contribution in [0.15, 0.2) is 36.4 Å². The summed E-state index contributed by atoms with van der Waals surface area (Å²) < 4.78 is 17.6. The fourth-order valence-corrected chi connectivity index (χ4v) is 4.47. The minimum atomic E-state index is -0.485. The van der Waals surface area contributed by atoms with E-state index >= 15 is 0 Å². The molecule has 0 unspecified atom stereocenters. The van der Waals surface area contributed by atoms with Gasteiger partial charge in [-0.15, -0.1) is 0 Å². The zero-order valence-electron chi connectivity index (χ0n) is 19.6. The van der Waals surface area contributed by atoms with Gasteiger partial charge in [0.05, 0.1) is 18.8 Å². The highest BCUT2D eigenvalue weighted by molar-refractivity contribution is 5.71. The number of nitrogens with zero attached hydrogens (tertiary/aromatic N) is 2. The van der Waals surface area contributed by atoms with Gasteiger partial charge in [-0.25, -0.2) is 4.79 Å². The van der Waals surface area contributed by atoms with Gasteiger partial charge in [0.15, 0.2) is 0 Å². The van der Waals surface area contributed by atoms with E-state index in [0.29, 0.717) is 26.3 Å². The molecule has 0 spiro atoms. The van der Waals surface area contributed by atoms with E-state index in [1.54, 1.807) is 0 Å². The van der Waals surface area contributed by atoms with Gasteiger partial charge in [0.1, 0.15) is 30.3 Å². The highest BCUT2D eigenvalue weighted by atomic mass is 16.6. The van der Waals surface area contributed by atoms with Crippen LogP contribution in [0, 0.1) is 6.92 Å². The van der Waals surface area contributed by atoms with Crippen LogP contribution in [0.2, 0.25) is 0 Å². The first-order chi connectivity index (χ1) is 15.3. The van der Waals surface area contributed by atoms with Crippen molar-refractivity contribution in [2.45, 2.75) is 46.1 Å². The maximum absolute atomic E-state index is 12.6. The summed E-state index contributed by atoms with van der Waals surface area (Å²) in [6, 6.07) is 12.1. The van der Waals surface area contributed by atoms with Gasteiger partial charge < -0.3 is 24.0 Å². The summed E-state index contributed by atoms with van der Waals surface area (Å²) in [5.74, 6) is 1.83. The van der Waals surface area contributed by atoms with E-state index in [0.717, 1.165) is 43.1 Å². The van der Waals surface area contributed by atoms with Gasteiger partial charge in [0.2, 0.25) is 0 Å². The van der Waals surface area contributed by atoms with Crippen molar-refractivity contribution in [1.82, 2.24) is 4.90 Å². The Morgan fingerprint density at radius 1 is 1.09 bits per heavy atom. The zero-order chi connectivity index (χ0) is 22.7. The van der Waals surface area contributed by atoms with Gasteiger partial charge in [0.25, 0.3) is 0 Å². The number of rotatable bonds is 4. The second kappa shape index (κ2) is 9.31. The van der Waals surface area contributed by atoms with Crippen molar-refractivity contribution in [2.24, 2.45) is 0 Å². The third kappa shape index (κ3) is 5.12. The molecule has 2 aliphatic heterocycles. The minimum Gasteiger partial charge on any atom is -0.492 e. The molecule has 2 aromatic carbocycles. The molecule has 0 radical (unpaired) electrons. The van der Waals surface area contributed by atoms with Gasteiger partial charge in [-0.2, -0.15) is 0 Å². The average Bonchev–Trinajstić information content (AvgIpc) is 2.96. The van der Waals surface area contributed by atoms with Crippen molar-refractivity contribution in [3.05, 3.63) is 53.1 Å². The molecule has 0 atom stereocenters. The maximum Gasteiger partial charge on any atom is 0.410 e. The highest BCUT2D eigenvalue weighted by Crippen LogP contribution is 2.39. The number of anilines is 1. The lowest BCUT2D eigenvalue weighted by atomic mass is 9.94. The topological polar surface area (TPSA) is 51.2 Å². The van der Waals surface area contributed by atoms with Gasteiger partial charge in [0, 0.05) is 13.1 Å². The summed E-state index contributed by atoms with van der Waals surface area (Å²) >= 11 is 0. The lowest BCUT2D eigenvalue weighted by molar-refractivity contribution is 0.0258. The number of benzene rings is 2. The van der Waals surface area contributed by atoms with Crippen molar-refractivity contribution < 1.29 is 19.0 Å². The van der Waals surface area contributed by atoms with E-state index < -0.39 is 5.60 Å². The van der Waals surface area contributed by atoms with Crippen LogP contribution in [0.1, 0.15) is 37.5 Å².